The van der Waals surface area contributed by atoms with Gasteiger partial charge in [0.05, 0.1) is 26.0 Å². The maximum atomic E-state index is 12.9. The smallest absolute Gasteiger partial charge is 0.411 e. The molecule has 22 heavy (non-hydrogen) atoms. The molecule has 0 aliphatic rings. The molecule has 1 aromatic carbocycles. The summed E-state index contributed by atoms with van der Waals surface area (Å²) in [4.78, 5) is 9.04. The maximum absolute atomic E-state index is 12.9. The summed E-state index contributed by atoms with van der Waals surface area (Å²) < 4.78 is 73.7. The average Bonchev–Trinajstić information content (AvgIpc) is 2.35. The molecular weight excluding hydrogens is 337 g/mol. The topological polar surface area (TPSA) is 67.8 Å². The molecular formula is C11H14F5NO4S. The molecule has 1 rings (SSSR count). The molecule has 0 spiro atoms. The lowest BCUT2D eigenvalue weighted by atomic mass is 10.2. The van der Waals surface area contributed by atoms with Crippen molar-refractivity contribution in [1.82, 2.24) is 0 Å². The molecule has 0 unspecified atom stereocenters. The summed E-state index contributed by atoms with van der Waals surface area (Å²) >= 11 is 0. The van der Waals surface area contributed by atoms with Crippen LogP contribution >= 0.6 is 10.2 Å². The van der Waals surface area contributed by atoms with Crippen LogP contribution in [0.5, 0.6) is 5.75 Å². The van der Waals surface area contributed by atoms with E-state index in [0.717, 1.165) is 7.11 Å². The van der Waals surface area contributed by atoms with Crippen LogP contribution in [0.4, 0.5) is 29.9 Å². The van der Waals surface area contributed by atoms with E-state index in [1.54, 1.807) is 0 Å². The van der Waals surface area contributed by atoms with Gasteiger partial charge in [-0.3, -0.25) is 5.32 Å². The zero-order valence-electron chi connectivity index (χ0n) is 11.5. The van der Waals surface area contributed by atoms with Crippen molar-refractivity contribution < 1.29 is 38.8 Å². The molecule has 2 N–H and O–H groups in total. The first-order valence-corrected chi connectivity index (χ1v) is 7.77. The number of hydrogen-bond donors (Lipinski definition) is 2. The Hall–Kier alpha value is -1.75. The summed E-state index contributed by atoms with van der Waals surface area (Å²) in [6.45, 7) is 0.367. The lowest BCUT2D eigenvalue weighted by Crippen LogP contribution is -2.16. The van der Waals surface area contributed by atoms with Crippen molar-refractivity contribution in [2.45, 2.75) is 18.4 Å². The second-order valence-electron chi connectivity index (χ2n) is 4.14. The van der Waals surface area contributed by atoms with E-state index >= 15 is 0 Å². The molecule has 0 fully saturated rings. The molecule has 128 valence electrons. The number of methoxy groups -OCH3 is 1. The number of halogens is 5. The number of aliphatic hydroxyl groups is 1. The number of amides is 1. The van der Waals surface area contributed by atoms with Gasteiger partial charge < -0.3 is 14.6 Å². The van der Waals surface area contributed by atoms with Crippen LogP contribution in [0.2, 0.25) is 0 Å². The number of nitrogens with one attached hydrogen (secondary N) is 1. The van der Waals surface area contributed by atoms with Gasteiger partial charge in [-0.05, 0) is 19.1 Å². The molecule has 1 amide bonds. The zero-order valence-corrected chi connectivity index (χ0v) is 12.4. The molecule has 0 heterocycles. The lowest BCUT2D eigenvalue weighted by Gasteiger charge is -2.41. The third-order valence-corrected chi connectivity index (χ3v) is 3.60. The van der Waals surface area contributed by atoms with Crippen LogP contribution in [0.25, 0.3) is 0 Å². The first-order chi connectivity index (χ1) is 9.82. The molecule has 0 aliphatic carbocycles. The average molecular weight is 351 g/mol. The third kappa shape index (κ3) is 4.37. The largest absolute Gasteiger partial charge is 0.494 e. The van der Waals surface area contributed by atoms with Crippen molar-refractivity contribution in [2.24, 2.45) is 0 Å². The van der Waals surface area contributed by atoms with Crippen molar-refractivity contribution in [1.29, 1.82) is 0 Å². The highest BCUT2D eigenvalue weighted by Crippen LogP contribution is 3.02. The van der Waals surface area contributed by atoms with E-state index < -0.39 is 39.1 Å². The van der Waals surface area contributed by atoms with Gasteiger partial charge in [-0.25, -0.2) is 4.79 Å². The fourth-order valence-corrected chi connectivity index (χ4v) is 2.32. The molecule has 0 aliphatic heterocycles. The summed E-state index contributed by atoms with van der Waals surface area (Å²) in [6.07, 6.45) is -1.15. The van der Waals surface area contributed by atoms with Gasteiger partial charge in [0, 0.05) is 5.56 Å². The number of rotatable bonds is 5. The summed E-state index contributed by atoms with van der Waals surface area (Å²) in [5.41, 5.74) is -1.24. The monoisotopic (exact) mass is 351 g/mol. The minimum atomic E-state index is -9.99. The van der Waals surface area contributed by atoms with Crippen molar-refractivity contribution in [3.8, 4) is 5.75 Å². The van der Waals surface area contributed by atoms with Crippen LogP contribution in [-0.4, -0.2) is 24.9 Å². The normalized spacial score (nSPS) is 14.7. The van der Waals surface area contributed by atoms with E-state index in [0.29, 0.717) is 0 Å². The Kier molecular flexibility index (Phi) is 4.29. The van der Waals surface area contributed by atoms with E-state index in [1.807, 2.05) is 5.32 Å². The second-order valence-corrected chi connectivity index (χ2v) is 6.55. The fraction of sp³-hybridized carbons (Fsp3) is 0.364. The number of aliphatic hydroxyl groups excluding tert-OH is 1. The highest BCUT2D eigenvalue weighted by Gasteiger charge is 2.65. The van der Waals surface area contributed by atoms with E-state index in [9.17, 15) is 24.2 Å². The van der Waals surface area contributed by atoms with Gasteiger partial charge in [0.2, 0.25) is 0 Å². The zero-order chi connectivity index (χ0) is 17.2. The van der Waals surface area contributed by atoms with E-state index in [-0.39, 0.29) is 24.5 Å². The van der Waals surface area contributed by atoms with Crippen LogP contribution in [0.3, 0.4) is 0 Å². The number of hydrogen-bond acceptors (Lipinski definition) is 4. The Morgan fingerprint density at radius 2 is 1.86 bits per heavy atom. The first-order valence-electron chi connectivity index (χ1n) is 5.82. The maximum Gasteiger partial charge on any atom is 0.411 e. The van der Waals surface area contributed by atoms with E-state index in [4.69, 9.17) is 9.84 Å². The number of carbonyl (C=O) groups is 1. The highest BCUT2D eigenvalue weighted by atomic mass is 32.5. The summed E-state index contributed by atoms with van der Waals surface area (Å²) in [5.74, 6) is -0.374. The molecule has 0 bridgehead atoms. The predicted molar refractivity (Wildman–Crippen MR) is 71.0 cm³/mol. The standard InChI is InChI=1S/C11H14F5NO4S/c1-3-21-11(19)17-9-5-8(22(12,13,14,15)16)4-7(6-18)10(9)20-2/h4-5,18H,3,6H2,1-2H3,(H,17,19). The molecule has 0 saturated heterocycles. The van der Waals surface area contributed by atoms with Gasteiger partial charge in [0.15, 0.2) is 0 Å². The van der Waals surface area contributed by atoms with Crippen LogP contribution in [-0.2, 0) is 11.3 Å². The molecule has 0 atom stereocenters. The summed E-state index contributed by atoms with van der Waals surface area (Å²) in [7, 11) is -8.94. The van der Waals surface area contributed by atoms with Gasteiger partial charge in [0.25, 0.3) is 0 Å². The summed E-state index contributed by atoms with van der Waals surface area (Å²) in [5, 5.41) is 10.9. The predicted octanol–water partition coefficient (Wildman–Crippen LogP) is 4.41. The molecule has 5 nitrogen and oxygen atoms in total. The second kappa shape index (κ2) is 5.16. The fourth-order valence-electron chi connectivity index (χ4n) is 1.61. The number of anilines is 1. The van der Waals surface area contributed by atoms with Crippen LogP contribution in [0, 0.1) is 0 Å². The van der Waals surface area contributed by atoms with Gasteiger partial charge >= 0.3 is 16.3 Å². The first kappa shape index (κ1) is 18.3. The molecule has 11 heteroatoms. The number of carbonyl (C=O) groups excluding carboxylic acids is 1. The molecule has 0 radical (unpaired) electrons. The SMILES string of the molecule is CCOC(=O)Nc1cc(S(F)(F)(F)(F)F)cc(CO)c1OC. The Balaban J connectivity index is 3.51. The van der Waals surface area contributed by atoms with Crippen molar-refractivity contribution in [2.75, 3.05) is 19.0 Å². The Bertz CT molecular complexity index is 590. The molecule has 0 saturated carbocycles. The van der Waals surface area contributed by atoms with Crippen molar-refractivity contribution in [3.05, 3.63) is 17.7 Å². The van der Waals surface area contributed by atoms with Gasteiger partial charge in [-0.15, -0.1) is 0 Å². The van der Waals surface area contributed by atoms with Gasteiger partial charge in [0.1, 0.15) is 10.6 Å². The van der Waals surface area contributed by atoms with Crippen molar-refractivity contribution >= 4 is 22.0 Å². The van der Waals surface area contributed by atoms with E-state index in [1.165, 1.54) is 6.92 Å². The van der Waals surface area contributed by atoms with Crippen molar-refractivity contribution in [3.63, 3.8) is 0 Å². The van der Waals surface area contributed by atoms with Crippen LogP contribution < -0.4 is 10.1 Å². The number of benzene rings is 1. The minimum Gasteiger partial charge on any atom is -0.494 e. The quantitative estimate of drug-likeness (QED) is 0.771. The highest BCUT2D eigenvalue weighted by molar-refractivity contribution is 8.45. The van der Waals surface area contributed by atoms with Crippen LogP contribution in [0.15, 0.2) is 17.0 Å². The molecule has 1 aromatic rings. The van der Waals surface area contributed by atoms with E-state index in [2.05, 4.69) is 4.74 Å². The van der Waals surface area contributed by atoms with Crippen LogP contribution in [0.1, 0.15) is 12.5 Å². The lowest BCUT2D eigenvalue weighted by molar-refractivity contribution is 0.167. The summed E-state index contributed by atoms with van der Waals surface area (Å²) in [6, 6.07) is 0.118. The Morgan fingerprint density at radius 1 is 1.27 bits per heavy atom. The third-order valence-electron chi connectivity index (χ3n) is 2.47. The molecule has 0 aromatic heterocycles. The number of ether oxygens (including phenoxy) is 2. The van der Waals surface area contributed by atoms with Gasteiger partial charge in [-0.2, -0.15) is 0 Å². The Labute approximate surface area is 122 Å². The van der Waals surface area contributed by atoms with Gasteiger partial charge in [-0.1, -0.05) is 19.4 Å². The minimum absolute atomic E-state index is 0.0382. The Morgan fingerprint density at radius 3 is 2.27 bits per heavy atom.